The summed E-state index contributed by atoms with van der Waals surface area (Å²) in [7, 11) is -3.81. The minimum atomic E-state index is -3.81. The molecule has 0 aliphatic carbocycles. The molecule has 0 radical (unpaired) electrons. The van der Waals surface area contributed by atoms with Gasteiger partial charge in [0, 0.05) is 11.1 Å². The van der Waals surface area contributed by atoms with Crippen molar-refractivity contribution in [3.63, 3.8) is 0 Å². The summed E-state index contributed by atoms with van der Waals surface area (Å²) in [4.78, 5) is 12.5. The third-order valence-corrected chi connectivity index (χ3v) is 5.60. The minimum absolute atomic E-state index is 0.104. The number of nitrogens with one attached hydrogen (secondary N) is 1. The number of hydrogen-bond acceptors (Lipinski definition) is 6. The summed E-state index contributed by atoms with van der Waals surface area (Å²) in [6, 6.07) is 10.9. The predicted molar refractivity (Wildman–Crippen MR) is 110 cm³/mol. The van der Waals surface area contributed by atoms with Crippen molar-refractivity contribution in [3.8, 4) is 5.75 Å². The lowest BCUT2D eigenvalue weighted by molar-refractivity contribution is 0.0505. The van der Waals surface area contributed by atoms with E-state index in [9.17, 15) is 13.2 Å². The zero-order valence-corrected chi connectivity index (χ0v) is 17.3. The van der Waals surface area contributed by atoms with Gasteiger partial charge in [0.15, 0.2) is 0 Å². The molecule has 0 fully saturated rings. The maximum absolute atomic E-state index is 12.7. The molecule has 0 atom stereocenters. The zero-order valence-electron chi connectivity index (χ0n) is 16.5. The molecule has 0 saturated carbocycles. The molecule has 1 aromatic heterocycles. The Morgan fingerprint density at radius 1 is 1.10 bits per heavy atom. The van der Waals surface area contributed by atoms with Gasteiger partial charge in [-0.15, -0.1) is 0 Å². The fourth-order valence-corrected chi connectivity index (χ4v) is 3.95. The number of anilines is 1. The number of sulfonamides is 1. The molecule has 2 aromatic carbocycles. The number of carbonyl (C=O) groups excluding carboxylic acids is 1. The highest BCUT2D eigenvalue weighted by atomic mass is 32.2. The van der Waals surface area contributed by atoms with Gasteiger partial charge in [-0.05, 0) is 62.7 Å². The standard InChI is InChI=1S/C21H23NO6S/c1-4-12-27-21(23)20-14(3)28-19-11-6-15(13-18(19)20)22-29(24,25)17-9-7-16(8-10-17)26-5-2/h6-11,13,22H,4-5,12H2,1-3H3. The molecule has 0 amide bonds. The highest BCUT2D eigenvalue weighted by Gasteiger charge is 2.21. The van der Waals surface area contributed by atoms with Crippen molar-refractivity contribution in [1.29, 1.82) is 0 Å². The number of aryl methyl sites for hydroxylation is 1. The fraction of sp³-hybridized carbons (Fsp3) is 0.286. The lowest BCUT2D eigenvalue weighted by atomic mass is 10.1. The molecular weight excluding hydrogens is 394 g/mol. The molecule has 0 bridgehead atoms. The number of ether oxygens (including phenoxy) is 2. The Kier molecular flexibility index (Phi) is 6.12. The third kappa shape index (κ3) is 4.54. The number of carbonyl (C=O) groups is 1. The van der Waals surface area contributed by atoms with Crippen LogP contribution < -0.4 is 9.46 Å². The predicted octanol–water partition coefficient (Wildman–Crippen LogP) is 4.51. The Morgan fingerprint density at radius 3 is 2.48 bits per heavy atom. The number of furan rings is 1. The highest BCUT2D eigenvalue weighted by molar-refractivity contribution is 7.92. The molecule has 0 aliphatic rings. The van der Waals surface area contributed by atoms with Gasteiger partial charge in [-0.1, -0.05) is 6.92 Å². The number of esters is 1. The van der Waals surface area contributed by atoms with Crippen LogP contribution in [0.3, 0.4) is 0 Å². The maximum atomic E-state index is 12.7. The molecule has 0 aliphatic heterocycles. The molecule has 7 nitrogen and oxygen atoms in total. The van der Waals surface area contributed by atoms with Crippen LogP contribution in [0.1, 0.15) is 36.4 Å². The van der Waals surface area contributed by atoms with Gasteiger partial charge in [-0.2, -0.15) is 0 Å². The summed E-state index contributed by atoms with van der Waals surface area (Å²) < 4.78 is 44.1. The topological polar surface area (TPSA) is 94.8 Å². The first-order chi connectivity index (χ1) is 13.9. The molecule has 3 rings (SSSR count). The molecule has 29 heavy (non-hydrogen) atoms. The van der Waals surface area contributed by atoms with E-state index in [0.717, 1.165) is 0 Å². The Hall–Kier alpha value is -3.00. The van der Waals surface area contributed by atoms with E-state index in [1.54, 1.807) is 37.3 Å². The third-order valence-electron chi connectivity index (χ3n) is 4.20. The highest BCUT2D eigenvalue weighted by Crippen LogP contribution is 2.30. The lowest BCUT2D eigenvalue weighted by Crippen LogP contribution is -2.13. The van der Waals surface area contributed by atoms with Crippen LogP contribution in [0.5, 0.6) is 5.75 Å². The maximum Gasteiger partial charge on any atom is 0.342 e. The van der Waals surface area contributed by atoms with Crippen LogP contribution in [0.2, 0.25) is 0 Å². The first-order valence-corrected chi connectivity index (χ1v) is 10.8. The molecule has 8 heteroatoms. The van der Waals surface area contributed by atoms with Gasteiger partial charge in [0.2, 0.25) is 0 Å². The first kappa shape index (κ1) is 20.7. The van der Waals surface area contributed by atoms with E-state index < -0.39 is 16.0 Å². The summed E-state index contributed by atoms with van der Waals surface area (Å²) in [5.41, 5.74) is 1.10. The van der Waals surface area contributed by atoms with E-state index in [4.69, 9.17) is 13.9 Å². The Morgan fingerprint density at radius 2 is 1.83 bits per heavy atom. The van der Waals surface area contributed by atoms with E-state index in [1.165, 1.54) is 12.1 Å². The van der Waals surface area contributed by atoms with Crippen molar-refractivity contribution in [2.75, 3.05) is 17.9 Å². The van der Waals surface area contributed by atoms with Gasteiger partial charge in [-0.3, -0.25) is 4.72 Å². The van der Waals surface area contributed by atoms with Gasteiger partial charge < -0.3 is 13.9 Å². The van der Waals surface area contributed by atoms with Gasteiger partial charge in [0.1, 0.15) is 22.7 Å². The van der Waals surface area contributed by atoms with Gasteiger partial charge in [0.25, 0.3) is 10.0 Å². The van der Waals surface area contributed by atoms with E-state index in [0.29, 0.717) is 53.4 Å². The summed E-state index contributed by atoms with van der Waals surface area (Å²) in [6.45, 7) is 6.23. The van der Waals surface area contributed by atoms with Crippen molar-refractivity contribution < 1.29 is 27.1 Å². The molecule has 0 spiro atoms. The largest absolute Gasteiger partial charge is 0.494 e. The van der Waals surface area contributed by atoms with Gasteiger partial charge in [-0.25, -0.2) is 13.2 Å². The second kappa shape index (κ2) is 8.57. The van der Waals surface area contributed by atoms with Crippen LogP contribution in [-0.2, 0) is 14.8 Å². The quantitative estimate of drug-likeness (QED) is 0.542. The van der Waals surface area contributed by atoms with Crippen LogP contribution in [0.4, 0.5) is 5.69 Å². The van der Waals surface area contributed by atoms with Gasteiger partial charge in [0.05, 0.1) is 18.1 Å². The van der Waals surface area contributed by atoms with Crippen molar-refractivity contribution in [2.24, 2.45) is 0 Å². The van der Waals surface area contributed by atoms with Crippen molar-refractivity contribution in [2.45, 2.75) is 32.1 Å². The zero-order chi connectivity index (χ0) is 21.0. The van der Waals surface area contributed by atoms with Crippen LogP contribution in [0, 0.1) is 6.92 Å². The van der Waals surface area contributed by atoms with E-state index in [1.807, 2.05) is 13.8 Å². The molecule has 1 N–H and O–H groups in total. The number of hydrogen-bond donors (Lipinski definition) is 1. The Labute approximate surface area is 169 Å². The molecule has 3 aromatic rings. The van der Waals surface area contributed by atoms with Crippen LogP contribution in [0.15, 0.2) is 51.8 Å². The number of benzene rings is 2. The van der Waals surface area contributed by atoms with Gasteiger partial charge >= 0.3 is 5.97 Å². The lowest BCUT2D eigenvalue weighted by Gasteiger charge is -2.09. The van der Waals surface area contributed by atoms with E-state index in [-0.39, 0.29) is 4.90 Å². The fourth-order valence-electron chi connectivity index (χ4n) is 2.90. The first-order valence-electron chi connectivity index (χ1n) is 9.31. The van der Waals surface area contributed by atoms with Crippen LogP contribution in [-0.4, -0.2) is 27.6 Å². The number of rotatable bonds is 8. The van der Waals surface area contributed by atoms with Crippen molar-refractivity contribution >= 4 is 32.6 Å². The Balaban J connectivity index is 1.90. The molecular formula is C21H23NO6S. The van der Waals surface area contributed by atoms with E-state index >= 15 is 0 Å². The van der Waals surface area contributed by atoms with Crippen LogP contribution in [0.25, 0.3) is 11.0 Å². The molecule has 0 saturated heterocycles. The van der Waals surface area contributed by atoms with Crippen molar-refractivity contribution in [3.05, 3.63) is 53.8 Å². The monoisotopic (exact) mass is 417 g/mol. The SMILES string of the molecule is CCCOC(=O)c1c(C)oc2ccc(NS(=O)(=O)c3ccc(OCC)cc3)cc12. The summed E-state index contributed by atoms with van der Waals surface area (Å²) in [6.07, 6.45) is 0.702. The summed E-state index contributed by atoms with van der Waals surface area (Å²) in [5, 5.41) is 0.496. The van der Waals surface area contributed by atoms with Crippen LogP contribution >= 0.6 is 0 Å². The molecule has 1 heterocycles. The summed E-state index contributed by atoms with van der Waals surface area (Å²) in [5.74, 6) is 0.527. The second-order valence-electron chi connectivity index (χ2n) is 6.39. The van der Waals surface area contributed by atoms with E-state index in [2.05, 4.69) is 4.72 Å². The average Bonchev–Trinajstić information content (AvgIpc) is 3.01. The van der Waals surface area contributed by atoms with Crippen molar-refractivity contribution in [1.82, 2.24) is 0 Å². The Bertz CT molecular complexity index is 1120. The normalized spacial score (nSPS) is 11.4. The minimum Gasteiger partial charge on any atom is -0.494 e. The number of fused-ring (bicyclic) bond motifs is 1. The molecule has 0 unspecified atom stereocenters. The summed E-state index contributed by atoms with van der Waals surface area (Å²) >= 11 is 0. The molecule has 154 valence electrons. The smallest absolute Gasteiger partial charge is 0.342 e. The average molecular weight is 417 g/mol. The second-order valence-corrected chi connectivity index (χ2v) is 8.07.